The molecule has 0 aromatic heterocycles. The molecule has 1 aromatic carbocycles. The Morgan fingerprint density at radius 2 is 2.12 bits per heavy atom. The van der Waals surface area contributed by atoms with E-state index >= 15 is 0 Å². The Bertz CT molecular complexity index is 347. The van der Waals surface area contributed by atoms with Gasteiger partial charge in [0.05, 0.1) is 0 Å². The molecule has 0 amide bonds. The van der Waals surface area contributed by atoms with Gasteiger partial charge in [0.1, 0.15) is 6.29 Å². The molecule has 0 aliphatic carbocycles. The Labute approximate surface area is 98.1 Å². The summed E-state index contributed by atoms with van der Waals surface area (Å²) in [7, 11) is 0. The molecule has 0 radical (unpaired) electrons. The van der Waals surface area contributed by atoms with Gasteiger partial charge in [-0.2, -0.15) is 0 Å². The smallest absolute Gasteiger partial charge is 0.122 e. The minimum Gasteiger partial charge on any atom is -0.382 e. The summed E-state index contributed by atoms with van der Waals surface area (Å²) in [5, 5.41) is 3.46. The fraction of sp³-hybridized carbons (Fsp3) is 0.500. The summed E-state index contributed by atoms with van der Waals surface area (Å²) < 4.78 is 0. The average molecular weight is 219 g/mol. The first-order chi connectivity index (χ1) is 7.69. The predicted octanol–water partition coefficient (Wildman–Crippen LogP) is 3.47. The highest BCUT2D eigenvalue weighted by molar-refractivity contribution is 5.57. The van der Waals surface area contributed by atoms with Crippen LogP contribution in [0.25, 0.3) is 0 Å². The number of nitrogens with one attached hydrogen (secondary N) is 1. The summed E-state index contributed by atoms with van der Waals surface area (Å²) in [6.45, 7) is 6.36. The molecule has 1 N–H and O–H groups in total. The van der Waals surface area contributed by atoms with Crippen molar-refractivity contribution in [1.82, 2.24) is 0 Å². The fourth-order valence-electron chi connectivity index (χ4n) is 1.84. The maximum atomic E-state index is 10.6. The van der Waals surface area contributed by atoms with Crippen molar-refractivity contribution in [2.24, 2.45) is 0 Å². The number of benzene rings is 1. The monoisotopic (exact) mass is 219 g/mol. The van der Waals surface area contributed by atoms with Gasteiger partial charge in [-0.1, -0.05) is 25.5 Å². The van der Waals surface area contributed by atoms with Crippen molar-refractivity contribution < 1.29 is 4.79 Å². The Balaban J connectivity index is 2.76. The molecule has 0 spiro atoms. The maximum absolute atomic E-state index is 10.6. The molecule has 0 saturated carbocycles. The molecule has 88 valence electrons. The zero-order valence-corrected chi connectivity index (χ0v) is 10.4. The highest BCUT2D eigenvalue weighted by Crippen LogP contribution is 2.20. The second-order valence-electron chi connectivity index (χ2n) is 4.28. The maximum Gasteiger partial charge on any atom is 0.122 e. The molecule has 16 heavy (non-hydrogen) atoms. The molecule has 0 saturated heterocycles. The fourth-order valence-corrected chi connectivity index (χ4v) is 1.84. The topological polar surface area (TPSA) is 29.1 Å². The van der Waals surface area contributed by atoms with E-state index in [1.807, 2.05) is 0 Å². The molecule has 1 rings (SSSR count). The van der Waals surface area contributed by atoms with Gasteiger partial charge in [0.25, 0.3) is 0 Å². The largest absolute Gasteiger partial charge is 0.382 e. The van der Waals surface area contributed by atoms with Crippen LogP contribution >= 0.6 is 0 Å². The lowest BCUT2D eigenvalue weighted by Crippen LogP contribution is -2.20. The first-order valence-corrected chi connectivity index (χ1v) is 5.95. The molecule has 1 aromatic rings. The third-order valence-corrected chi connectivity index (χ3v) is 2.98. The van der Waals surface area contributed by atoms with Crippen molar-refractivity contribution in [2.45, 2.75) is 46.1 Å². The van der Waals surface area contributed by atoms with Gasteiger partial charge in [-0.05, 0) is 37.5 Å². The first kappa shape index (κ1) is 12.8. The first-order valence-electron chi connectivity index (χ1n) is 5.95. The van der Waals surface area contributed by atoms with Crippen molar-refractivity contribution in [1.29, 1.82) is 0 Å². The third-order valence-electron chi connectivity index (χ3n) is 2.98. The predicted molar refractivity (Wildman–Crippen MR) is 68.9 cm³/mol. The van der Waals surface area contributed by atoms with Crippen LogP contribution in [0.5, 0.6) is 0 Å². The van der Waals surface area contributed by atoms with Crippen molar-refractivity contribution in [2.75, 3.05) is 5.32 Å². The van der Waals surface area contributed by atoms with Crippen LogP contribution in [0.3, 0.4) is 0 Å². The number of aryl methyl sites for hydroxylation is 1. The van der Waals surface area contributed by atoms with Gasteiger partial charge in [-0.25, -0.2) is 0 Å². The lowest BCUT2D eigenvalue weighted by Gasteiger charge is -2.19. The minimum absolute atomic E-state index is 0.267. The Morgan fingerprint density at radius 3 is 2.75 bits per heavy atom. The van der Waals surface area contributed by atoms with Gasteiger partial charge in [-0.3, -0.25) is 0 Å². The summed E-state index contributed by atoms with van der Waals surface area (Å²) in [6.07, 6.45) is 3.71. The van der Waals surface area contributed by atoms with E-state index in [0.29, 0.717) is 6.42 Å². The molecule has 0 bridgehead atoms. The van der Waals surface area contributed by atoms with Crippen molar-refractivity contribution in [3.8, 4) is 0 Å². The van der Waals surface area contributed by atoms with Gasteiger partial charge in [0.15, 0.2) is 0 Å². The summed E-state index contributed by atoms with van der Waals surface area (Å²) in [6, 6.07) is 6.50. The zero-order valence-electron chi connectivity index (χ0n) is 10.4. The summed E-state index contributed by atoms with van der Waals surface area (Å²) >= 11 is 0. The number of carbonyl (C=O) groups is 1. The van der Waals surface area contributed by atoms with E-state index in [2.05, 4.69) is 44.3 Å². The van der Waals surface area contributed by atoms with Gasteiger partial charge in [-0.15, -0.1) is 0 Å². The lowest BCUT2D eigenvalue weighted by atomic mass is 10.1. The normalized spacial score (nSPS) is 12.2. The third kappa shape index (κ3) is 3.37. The lowest BCUT2D eigenvalue weighted by molar-refractivity contribution is -0.108. The summed E-state index contributed by atoms with van der Waals surface area (Å²) in [5.74, 6) is 0. The zero-order chi connectivity index (χ0) is 12.0. The van der Waals surface area contributed by atoms with E-state index in [1.165, 1.54) is 11.1 Å². The van der Waals surface area contributed by atoms with Gasteiger partial charge >= 0.3 is 0 Å². The Kier molecular flexibility index (Phi) is 5.03. The highest BCUT2D eigenvalue weighted by atomic mass is 16.1. The quantitative estimate of drug-likeness (QED) is 0.742. The van der Waals surface area contributed by atoms with Crippen LogP contribution in [0, 0.1) is 13.8 Å². The molecule has 2 heteroatoms. The second kappa shape index (κ2) is 6.31. The van der Waals surface area contributed by atoms with Gasteiger partial charge in [0.2, 0.25) is 0 Å². The van der Waals surface area contributed by atoms with Crippen LogP contribution in [0.15, 0.2) is 18.2 Å². The van der Waals surface area contributed by atoms with Crippen LogP contribution in [-0.4, -0.2) is 12.3 Å². The molecular weight excluding hydrogens is 198 g/mol. The molecule has 2 nitrogen and oxygen atoms in total. The number of aldehydes is 1. The molecule has 1 atom stereocenters. The van der Waals surface area contributed by atoms with Crippen LogP contribution < -0.4 is 5.32 Å². The van der Waals surface area contributed by atoms with E-state index in [0.717, 1.165) is 24.8 Å². The number of hydrogen-bond donors (Lipinski definition) is 1. The van der Waals surface area contributed by atoms with Crippen molar-refractivity contribution >= 4 is 12.0 Å². The summed E-state index contributed by atoms with van der Waals surface area (Å²) in [4.78, 5) is 10.6. The highest BCUT2D eigenvalue weighted by Gasteiger charge is 2.08. The molecule has 1 unspecified atom stereocenters. The molecule has 0 fully saturated rings. The molecule has 0 aliphatic rings. The van der Waals surface area contributed by atoms with E-state index in [4.69, 9.17) is 0 Å². The van der Waals surface area contributed by atoms with Crippen LogP contribution in [0.1, 0.15) is 37.3 Å². The van der Waals surface area contributed by atoms with Crippen LogP contribution in [0.2, 0.25) is 0 Å². The standard InChI is InChI=1S/C14H21NO/c1-4-6-13(9-10-16)15-14-8-5-7-11(2)12(14)3/h5,7-8,10,13,15H,4,6,9H2,1-3H3. The average Bonchev–Trinajstić information content (AvgIpc) is 2.25. The summed E-state index contributed by atoms with van der Waals surface area (Å²) in [5.41, 5.74) is 3.71. The Hall–Kier alpha value is -1.31. The van der Waals surface area contributed by atoms with Gasteiger partial charge < -0.3 is 10.1 Å². The molecular formula is C14H21NO. The van der Waals surface area contributed by atoms with Crippen molar-refractivity contribution in [3.05, 3.63) is 29.3 Å². The van der Waals surface area contributed by atoms with E-state index in [-0.39, 0.29) is 6.04 Å². The van der Waals surface area contributed by atoms with E-state index in [9.17, 15) is 4.79 Å². The number of anilines is 1. The molecule has 0 heterocycles. The number of rotatable bonds is 6. The van der Waals surface area contributed by atoms with E-state index < -0.39 is 0 Å². The van der Waals surface area contributed by atoms with E-state index in [1.54, 1.807) is 0 Å². The SMILES string of the molecule is CCCC(CC=O)Nc1cccc(C)c1C. The Morgan fingerprint density at radius 1 is 1.38 bits per heavy atom. The van der Waals surface area contributed by atoms with Crippen LogP contribution in [-0.2, 0) is 4.79 Å². The van der Waals surface area contributed by atoms with Crippen LogP contribution in [0.4, 0.5) is 5.69 Å². The number of hydrogen-bond acceptors (Lipinski definition) is 2. The molecule has 0 aliphatic heterocycles. The minimum atomic E-state index is 0.267. The number of carbonyl (C=O) groups excluding carboxylic acids is 1. The van der Waals surface area contributed by atoms with Gasteiger partial charge in [0, 0.05) is 18.2 Å². The van der Waals surface area contributed by atoms with Crippen molar-refractivity contribution in [3.63, 3.8) is 0 Å². The second-order valence-corrected chi connectivity index (χ2v) is 4.28.